The summed E-state index contributed by atoms with van der Waals surface area (Å²) >= 11 is 0. The first kappa shape index (κ1) is 27.5. The average Bonchev–Trinajstić information content (AvgIpc) is 3.38. The van der Waals surface area contributed by atoms with E-state index >= 15 is 0 Å². The van der Waals surface area contributed by atoms with Crippen LogP contribution in [0.5, 0.6) is 17.2 Å². The van der Waals surface area contributed by atoms with Crippen LogP contribution in [-0.4, -0.2) is 73.1 Å². The van der Waals surface area contributed by atoms with Crippen molar-refractivity contribution in [3.05, 3.63) is 58.7 Å². The molecule has 0 unspecified atom stereocenters. The maximum absolute atomic E-state index is 13.4. The third-order valence-corrected chi connectivity index (χ3v) is 6.76. The molecule has 0 radical (unpaired) electrons. The van der Waals surface area contributed by atoms with Gasteiger partial charge in [-0.05, 0) is 88.8 Å². The molecule has 2 aromatic carbocycles. The maximum Gasteiger partial charge on any atom is 0.295 e. The molecule has 1 N–H and O–H groups in total. The van der Waals surface area contributed by atoms with E-state index in [0.29, 0.717) is 48.8 Å². The van der Waals surface area contributed by atoms with E-state index < -0.39 is 17.7 Å². The number of rotatable bonds is 11. The minimum Gasteiger partial charge on any atom is -0.507 e. The molecule has 8 heteroatoms. The molecule has 204 valence electrons. The van der Waals surface area contributed by atoms with Gasteiger partial charge in [0.1, 0.15) is 17.6 Å². The van der Waals surface area contributed by atoms with Crippen molar-refractivity contribution in [3.8, 4) is 17.2 Å². The van der Waals surface area contributed by atoms with E-state index in [-0.39, 0.29) is 17.4 Å². The highest BCUT2D eigenvalue weighted by Gasteiger charge is 2.46. The van der Waals surface area contributed by atoms with Gasteiger partial charge in [-0.25, -0.2) is 0 Å². The number of aliphatic hydroxyl groups excluding tert-OH is 1. The number of hydrogen-bond acceptors (Lipinski definition) is 7. The van der Waals surface area contributed by atoms with Gasteiger partial charge in [-0.1, -0.05) is 13.0 Å². The largest absolute Gasteiger partial charge is 0.507 e. The molecule has 0 aromatic heterocycles. The number of aliphatic hydroxyl groups is 1. The molecule has 1 fully saturated rings. The first-order valence-corrected chi connectivity index (χ1v) is 13.4. The first-order valence-electron chi connectivity index (χ1n) is 13.4. The van der Waals surface area contributed by atoms with Gasteiger partial charge >= 0.3 is 0 Å². The molecule has 0 bridgehead atoms. The molecule has 2 aliphatic rings. The fourth-order valence-electron chi connectivity index (χ4n) is 5.03. The van der Waals surface area contributed by atoms with Gasteiger partial charge in [-0.15, -0.1) is 0 Å². The number of carbonyl (C=O) groups is 2. The Kier molecular flexibility index (Phi) is 8.62. The molecule has 0 spiro atoms. The normalized spacial score (nSPS) is 20.1. The summed E-state index contributed by atoms with van der Waals surface area (Å²) in [5.41, 5.74) is 2.22. The van der Waals surface area contributed by atoms with Crippen molar-refractivity contribution in [1.29, 1.82) is 0 Å². The fraction of sp³-hybridized carbons (Fsp3) is 0.467. The second kappa shape index (κ2) is 11.9. The average molecular weight is 523 g/mol. The summed E-state index contributed by atoms with van der Waals surface area (Å²) < 4.78 is 17.5. The Morgan fingerprint density at radius 3 is 2.61 bits per heavy atom. The summed E-state index contributed by atoms with van der Waals surface area (Å²) in [6.45, 7) is 8.02. The number of ether oxygens (including phenoxy) is 3. The molecule has 2 aromatic rings. The number of likely N-dealkylation sites (tertiary alicyclic amines) is 1. The Morgan fingerprint density at radius 2 is 1.89 bits per heavy atom. The minimum atomic E-state index is -0.750. The third-order valence-electron chi connectivity index (χ3n) is 6.76. The number of ketones is 1. The zero-order chi connectivity index (χ0) is 27.4. The van der Waals surface area contributed by atoms with Crippen molar-refractivity contribution >= 4 is 17.4 Å². The van der Waals surface area contributed by atoms with Crippen molar-refractivity contribution < 1.29 is 28.9 Å². The summed E-state index contributed by atoms with van der Waals surface area (Å²) in [6.07, 6.45) is 2.30. The molecule has 4 rings (SSSR count). The highest BCUT2D eigenvalue weighted by Crippen LogP contribution is 2.43. The summed E-state index contributed by atoms with van der Waals surface area (Å²) in [7, 11) is 3.93. The van der Waals surface area contributed by atoms with E-state index in [1.165, 1.54) is 0 Å². The minimum absolute atomic E-state index is 0.0510. The summed E-state index contributed by atoms with van der Waals surface area (Å²) in [6, 6.07) is 10.1. The molecule has 1 amide bonds. The predicted molar refractivity (Wildman–Crippen MR) is 146 cm³/mol. The van der Waals surface area contributed by atoms with Crippen LogP contribution in [0, 0.1) is 0 Å². The van der Waals surface area contributed by atoms with E-state index in [1.807, 2.05) is 70.1 Å². The van der Waals surface area contributed by atoms with Crippen molar-refractivity contribution in [2.45, 2.75) is 52.2 Å². The Hall–Kier alpha value is -3.52. The molecule has 38 heavy (non-hydrogen) atoms. The van der Waals surface area contributed by atoms with Gasteiger partial charge < -0.3 is 29.1 Å². The Bertz CT molecular complexity index is 1220. The molecule has 2 atom stereocenters. The topological polar surface area (TPSA) is 88.5 Å². The van der Waals surface area contributed by atoms with Gasteiger partial charge in [0.2, 0.25) is 0 Å². The molecule has 2 aliphatic heterocycles. The fourth-order valence-corrected chi connectivity index (χ4v) is 5.03. The number of fused-ring (bicyclic) bond motifs is 1. The lowest BCUT2D eigenvalue weighted by atomic mass is 9.94. The van der Waals surface area contributed by atoms with Gasteiger partial charge in [0.05, 0.1) is 24.8 Å². The van der Waals surface area contributed by atoms with Crippen LogP contribution in [-0.2, 0) is 16.0 Å². The second-order valence-electron chi connectivity index (χ2n) is 10.1. The number of hydrogen-bond donors (Lipinski definition) is 1. The molecular formula is C30H38N2O6. The van der Waals surface area contributed by atoms with E-state index in [0.717, 1.165) is 30.7 Å². The highest BCUT2D eigenvalue weighted by atomic mass is 16.5. The lowest BCUT2D eigenvalue weighted by Crippen LogP contribution is -2.32. The number of Topliss-reactive ketones (excluding diaryl/α,β-unsaturated/α-hetero) is 1. The van der Waals surface area contributed by atoms with Gasteiger partial charge in [0, 0.05) is 18.5 Å². The van der Waals surface area contributed by atoms with Crippen LogP contribution < -0.4 is 14.2 Å². The SMILES string of the molecule is CCCOc1ccc([C@@H]2C(=C(O)c3ccc4c(c3)C[C@@H](C)O4)C(=O)C(=O)N2CCCN(C)C)cc1OCC. The van der Waals surface area contributed by atoms with Crippen LogP contribution in [0.15, 0.2) is 42.0 Å². The van der Waals surface area contributed by atoms with E-state index in [1.54, 1.807) is 11.0 Å². The zero-order valence-corrected chi connectivity index (χ0v) is 23.0. The number of carbonyl (C=O) groups excluding carboxylic acids is 2. The number of benzene rings is 2. The summed E-state index contributed by atoms with van der Waals surface area (Å²) in [4.78, 5) is 30.3. The zero-order valence-electron chi connectivity index (χ0n) is 23.0. The molecule has 0 saturated carbocycles. The van der Waals surface area contributed by atoms with Crippen LogP contribution in [0.4, 0.5) is 0 Å². The predicted octanol–water partition coefficient (Wildman–Crippen LogP) is 4.57. The van der Waals surface area contributed by atoms with E-state index in [4.69, 9.17) is 14.2 Å². The van der Waals surface area contributed by atoms with Gasteiger partial charge in [0.15, 0.2) is 11.5 Å². The molecular weight excluding hydrogens is 484 g/mol. The van der Waals surface area contributed by atoms with Crippen molar-refractivity contribution in [3.63, 3.8) is 0 Å². The molecule has 0 aliphatic carbocycles. The summed E-state index contributed by atoms with van der Waals surface area (Å²) in [5, 5.41) is 11.5. The lowest BCUT2D eigenvalue weighted by molar-refractivity contribution is -0.139. The van der Waals surface area contributed by atoms with E-state index in [2.05, 4.69) is 0 Å². The van der Waals surface area contributed by atoms with Crippen molar-refractivity contribution in [2.75, 3.05) is 40.4 Å². The molecule has 8 nitrogen and oxygen atoms in total. The van der Waals surface area contributed by atoms with Crippen LogP contribution in [0.3, 0.4) is 0 Å². The Balaban J connectivity index is 1.80. The number of nitrogens with zero attached hydrogens (tertiary/aromatic N) is 2. The summed E-state index contributed by atoms with van der Waals surface area (Å²) in [5.74, 6) is 0.439. The van der Waals surface area contributed by atoms with Crippen molar-refractivity contribution in [1.82, 2.24) is 9.80 Å². The van der Waals surface area contributed by atoms with Gasteiger partial charge in [-0.2, -0.15) is 0 Å². The van der Waals surface area contributed by atoms with Gasteiger partial charge in [-0.3, -0.25) is 9.59 Å². The monoisotopic (exact) mass is 522 g/mol. The molecule has 1 saturated heterocycles. The van der Waals surface area contributed by atoms with Crippen molar-refractivity contribution in [2.24, 2.45) is 0 Å². The smallest absolute Gasteiger partial charge is 0.295 e. The third kappa shape index (κ3) is 5.65. The van der Waals surface area contributed by atoms with Crippen LogP contribution >= 0.6 is 0 Å². The molecule has 2 heterocycles. The lowest BCUT2D eigenvalue weighted by Gasteiger charge is -2.26. The standard InChI is InChI=1S/C30H38N2O6/c1-6-15-37-24-12-9-20(18-25(24)36-7-2)27-26(29(34)30(35)32(27)14-8-13-31(4)5)28(33)21-10-11-23-22(17-21)16-19(3)38-23/h9-12,17-19,27,33H,6-8,13-16H2,1-5H3/t19-,27-/m1/s1. The number of amides is 1. The van der Waals surface area contributed by atoms with Gasteiger partial charge in [0.25, 0.3) is 11.7 Å². The Morgan fingerprint density at radius 1 is 1.11 bits per heavy atom. The highest BCUT2D eigenvalue weighted by molar-refractivity contribution is 6.46. The maximum atomic E-state index is 13.4. The van der Waals surface area contributed by atoms with E-state index in [9.17, 15) is 14.7 Å². The Labute approximate surface area is 224 Å². The van der Waals surface area contributed by atoms with Crippen LogP contribution in [0.25, 0.3) is 5.76 Å². The quantitative estimate of drug-likeness (QED) is 0.263. The second-order valence-corrected chi connectivity index (χ2v) is 10.1. The van der Waals surface area contributed by atoms with Crippen LogP contribution in [0.2, 0.25) is 0 Å². The first-order chi connectivity index (χ1) is 18.2. The van der Waals surface area contributed by atoms with Crippen LogP contribution in [0.1, 0.15) is 56.3 Å².